The van der Waals surface area contributed by atoms with Crippen LogP contribution in [0.15, 0.2) is 28.3 Å². The lowest BCUT2D eigenvalue weighted by atomic mass is 9.83. The van der Waals surface area contributed by atoms with Gasteiger partial charge in [-0.3, -0.25) is 0 Å². The van der Waals surface area contributed by atoms with Crippen molar-refractivity contribution in [3.8, 4) is 0 Å². The number of allylic oxidation sites excluding steroid dienone is 1. The summed E-state index contributed by atoms with van der Waals surface area (Å²) < 4.78 is 0.500. The lowest BCUT2D eigenvalue weighted by molar-refractivity contribution is 0.514. The zero-order valence-corrected chi connectivity index (χ0v) is 10.8. The van der Waals surface area contributed by atoms with Crippen LogP contribution in [0.25, 0.3) is 0 Å². The lowest BCUT2D eigenvalue weighted by Gasteiger charge is -2.22. The fourth-order valence-electron chi connectivity index (χ4n) is 3.42. The average Bonchev–Trinajstić information content (AvgIpc) is 2.52. The summed E-state index contributed by atoms with van der Waals surface area (Å²) in [7, 11) is 0. The molecule has 1 saturated carbocycles. The summed E-state index contributed by atoms with van der Waals surface area (Å²) in [5.41, 5.74) is 5.78. The second kappa shape index (κ2) is 3.78. The van der Waals surface area contributed by atoms with E-state index < -0.39 is 0 Å². The minimum Gasteiger partial charge on any atom is -0.0709 e. The molecule has 1 aromatic rings. The van der Waals surface area contributed by atoms with Gasteiger partial charge in [-0.25, -0.2) is 0 Å². The molecule has 2 atom stereocenters. The number of aryl methyl sites for hydroxylation is 1. The SMILES string of the molecule is Cc1cccc2c1C1CC(=C(Cl)Cl)CC2C1. The standard InChI is InChI=1S/C14H14Cl2/c1-8-3-2-4-12-9-5-10(13(8)12)7-11(6-9)14(15)16/h2-4,9-10H,5-7H2,1H3. The van der Waals surface area contributed by atoms with Crippen LogP contribution in [-0.2, 0) is 0 Å². The molecule has 0 heterocycles. The van der Waals surface area contributed by atoms with E-state index in [2.05, 4.69) is 25.1 Å². The quantitative estimate of drug-likeness (QED) is 0.607. The molecule has 84 valence electrons. The molecule has 0 spiro atoms. The van der Waals surface area contributed by atoms with Gasteiger partial charge in [-0.05, 0) is 60.3 Å². The molecule has 16 heavy (non-hydrogen) atoms. The first-order valence-electron chi connectivity index (χ1n) is 5.79. The monoisotopic (exact) mass is 252 g/mol. The molecular formula is C14H14Cl2. The molecule has 0 aromatic heterocycles. The van der Waals surface area contributed by atoms with E-state index in [0.717, 1.165) is 12.8 Å². The largest absolute Gasteiger partial charge is 0.106 e. The van der Waals surface area contributed by atoms with Crippen LogP contribution in [-0.4, -0.2) is 0 Å². The third-order valence-corrected chi connectivity index (χ3v) is 4.56. The zero-order chi connectivity index (χ0) is 11.3. The number of halogens is 2. The van der Waals surface area contributed by atoms with Crippen LogP contribution in [0, 0.1) is 6.92 Å². The second-order valence-corrected chi connectivity index (χ2v) is 5.93. The van der Waals surface area contributed by atoms with Crippen molar-refractivity contribution >= 4 is 23.2 Å². The Balaban J connectivity index is 2.10. The maximum absolute atomic E-state index is 5.94. The third-order valence-electron chi connectivity index (χ3n) is 4.03. The maximum Gasteiger partial charge on any atom is 0.106 e. The van der Waals surface area contributed by atoms with Gasteiger partial charge in [-0.2, -0.15) is 0 Å². The summed E-state index contributed by atoms with van der Waals surface area (Å²) in [5.74, 6) is 1.30. The molecular weight excluding hydrogens is 239 g/mol. The molecule has 0 aliphatic heterocycles. The van der Waals surface area contributed by atoms with Crippen LogP contribution >= 0.6 is 23.2 Å². The van der Waals surface area contributed by atoms with E-state index >= 15 is 0 Å². The molecule has 0 radical (unpaired) electrons. The zero-order valence-electron chi connectivity index (χ0n) is 9.26. The van der Waals surface area contributed by atoms with Crippen molar-refractivity contribution in [2.45, 2.75) is 38.0 Å². The highest BCUT2D eigenvalue weighted by atomic mass is 35.5. The molecule has 0 amide bonds. The fourth-order valence-corrected chi connectivity index (χ4v) is 3.73. The van der Waals surface area contributed by atoms with Gasteiger partial charge in [-0.1, -0.05) is 41.4 Å². The number of benzene rings is 1. The van der Waals surface area contributed by atoms with Crippen molar-refractivity contribution in [2.75, 3.05) is 0 Å². The highest BCUT2D eigenvalue weighted by Crippen LogP contribution is 2.54. The van der Waals surface area contributed by atoms with Gasteiger partial charge in [0.05, 0.1) is 0 Å². The van der Waals surface area contributed by atoms with E-state index in [0.29, 0.717) is 16.3 Å². The molecule has 2 aliphatic rings. The predicted octanol–water partition coefficient (Wildman–Crippen LogP) is 5.05. The van der Waals surface area contributed by atoms with E-state index in [9.17, 15) is 0 Å². The van der Waals surface area contributed by atoms with Crippen LogP contribution in [0.2, 0.25) is 0 Å². The molecule has 1 aromatic carbocycles. The van der Waals surface area contributed by atoms with E-state index in [-0.39, 0.29) is 0 Å². The van der Waals surface area contributed by atoms with Crippen LogP contribution in [0.5, 0.6) is 0 Å². The Morgan fingerprint density at radius 3 is 2.69 bits per heavy atom. The van der Waals surface area contributed by atoms with E-state index in [1.807, 2.05) is 0 Å². The molecule has 2 unspecified atom stereocenters. The smallest absolute Gasteiger partial charge is 0.0709 e. The highest BCUT2D eigenvalue weighted by Gasteiger charge is 2.37. The molecule has 0 saturated heterocycles. The molecule has 2 heteroatoms. The van der Waals surface area contributed by atoms with Crippen molar-refractivity contribution in [1.29, 1.82) is 0 Å². The molecule has 0 nitrogen and oxygen atoms in total. The predicted molar refractivity (Wildman–Crippen MR) is 69.2 cm³/mol. The number of hydrogen-bond donors (Lipinski definition) is 0. The van der Waals surface area contributed by atoms with Crippen LogP contribution in [0.4, 0.5) is 0 Å². The first-order chi connectivity index (χ1) is 7.66. The maximum atomic E-state index is 5.94. The normalized spacial score (nSPS) is 26.8. The summed E-state index contributed by atoms with van der Waals surface area (Å²) in [5, 5.41) is 0. The van der Waals surface area contributed by atoms with E-state index in [1.165, 1.54) is 23.1 Å². The average molecular weight is 253 g/mol. The summed E-state index contributed by atoms with van der Waals surface area (Å²) >= 11 is 11.9. The van der Waals surface area contributed by atoms with Crippen LogP contribution < -0.4 is 0 Å². The van der Waals surface area contributed by atoms with Crippen molar-refractivity contribution in [3.05, 3.63) is 45.0 Å². The molecule has 2 bridgehead atoms. The van der Waals surface area contributed by atoms with Gasteiger partial charge in [0.15, 0.2) is 0 Å². The van der Waals surface area contributed by atoms with Crippen molar-refractivity contribution in [1.82, 2.24) is 0 Å². The van der Waals surface area contributed by atoms with Gasteiger partial charge in [0.2, 0.25) is 0 Å². The van der Waals surface area contributed by atoms with Crippen molar-refractivity contribution in [3.63, 3.8) is 0 Å². The Morgan fingerprint density at radius 1 is 1.19 bits per heavy atom. The molecule has 2 aliphatic carbocycles. The summed E-state index contributed by atoms with van der Waals surface area (Å²) in [6.07, 6.45) is 3.39. The van der Waals surface area contributed by atoms with E-state index in [1.54, 1.807) is 5.56 Å². The van der Waals surface area contributed by atoms with Crippen molar-refractivity contribution < 1.29 is 0 Å². The number of rotatable bonds is 0. The lowest BCUT2D eigenvalue weighted by Crippen LogP contribution is -2.05. The Kier molecular flexibility index (Phi) is 2.53. The summed E-state index contributed by atoms with van der Waals surface area (Å²) in [4.78, 5) is 0. The Morgan fingerprint density at radius 2 is 1.94 bits per heavy atom. The second-order valence-electron chi connectivity index (χ2n) is 4.98. The van der Waals surface area contributed by atoms with Crippen LogP contribution in [0.3, 0.4) is 0 Å². The molecule has 0 N–H and O–H groups in total. The minimum absolute atomic E-state index is 0.500. The van der Waals surface area contributed by atoms with Crippen molar-refractivity contribution in [2.24, 2.45) is 0 Å². The summed E-state index contributed by atoms with van der Waals surface area (Å²) in [6, 6.07) is 6.66. The van der Waals surface area contributed by atoms with Gasteiger partial charge in [0.25, 0.3) is 0 Å². The highest BCUT2D eigenvalue weighted by molar-refractivity contribution is 6.56. The Labute approximate surface area is 106 Å². The third kappa shape index (κ3) is 1.51. The minimum atomic E-state index is 0.500. The van der Waals surface area contributed by atoms with Gasteiger partial charge in [-0.15, -0.1) is 0 Å². The number of hydrogen-bond acceptors (Lipinski definition) is 0. The first-order valence-corrected chi connectivity index (χ1v) is 6.55. The first kappa shape index (κ1) is 10.7. The number of fused-ring (bicyclic) bond motifs is 5. The topological polar surface area (TPSA) is 0 Å². The Bertz CT molecular complexity index is 470. The van der Waals surface area contributed by atoms with Crippen LogP contribution in [0.1, 0.15) is 47.8 Å². The van der Waals surface area contributed by atoms with Gasteiger partial charge in [0, 0.05) is 0 Å². The van der Waals surface area contributed by atoms with Gasteiger partial charge >= 0.3 is 0 Å². The summed E-state index contributed by atoms with van der Waals surface area (Å²) in [6.45, 7) is 2.21. The molecule has 3 rings (SSSR count). The van der Waals surface area contributed by atoms with Gasteiger partial charge < -0.3 is 0 Å². The fraction of sp³-hybridized carbons (Fsp3) is 0.429. The van der Waals surface area contributed by atoms with E-state index in [4.69, 9.17) is 23.2 Å². The van der Waals surface area contributed by atoms with Gasteiger partial charge in [0.1, 0.15) is 4.49 Å². The molecule has 1 fully saturated rings. The Hall–Kier alpha value is -0.460.